The summed E-state index contributed by atoms with van der Waals surface area (Å²) in [6.45, 7) is 0. The van der Waals surface area contributed by atoms with Gasteiger partial charge in [0, 0.05) is 27.1 Å². The number of hydrogen-bond acceptors (Lipinski definition) is 2. The summed E-state index contributed by atoms with van der Waals surface area (Å²) < 4.78 is 8.50. The molecule has 0 bridgehead atoms. The summed E-state index contributed by atoms with van der Waals surface area (Å²) in [5, 5.41) is 4.64. The van der Waals surface area contributed by atoms with E-state index >= 15 is 0 Å². The Morgan fingerprint density at radius 1 is 0.321 bits per heavy atom. The summed E-state index contributed by atoms with van der Waals surface area (Å²) in [6.07, 6.45) is 0. The lowest BCUT2D eigenvalue weighted by Crippen LogP contribution is -2.00. The molecule has 0 aliphatic heterocycles. The maximum absolute atomic E-state index is 6.18. The van der Waals surface area contributed by atoms with Crippen LogP contribution in [0.25, 0.3) is 105 Å². The van der Waals surface area contributed by atoms with Gasteiger partial charge in [-0.15, -0.1) is 0 Å². The van der Waals surface area contributed by atoms with Gasteiger partial charge in [-0.2, -0.15) is 0 Å². The molecule has 0 unspecified atom stereocenters. The van der Waals surface area contributed by atoms with E-state index in [-0.39, 0.29) is 0 Å². The van der Waals surface area contributed by atoms with Gasteiger partial charge in [0.2, 0.25) is 0 Å². The molecule has 3 nitrogen and oxygen atoms in total. The minimum absolute atomic E-state index is 0.890. The second kappa shape index (κ2) is 13.1. The Balaban J connectivity index is 1.08. The lowest BCUT2D eigenvalue weighted by molar-refractivity contribution is 0.669. The molecule has 8 aromatic carbocycles. The van der Waals surface area contributed by atoms with Crippen molar-refractivity contribution in [3.63, 3.8) is 0 Å². The van der Waals surface area contributed by atoms with Crippen molar-refractivity contribution in [1.82, 2.24) is 9.55 Å². The fourth-order valence-corrected chi connectivity index (χ4v) is 8.40. The molecule has 3 heterocycles. The van der Waals surface area contributed by atoms with E-state index in [1.54, 1.807) is 0 Å². The molecule has 11 rings (SSSR count). The van der Waals surface area contributed by atoms with Crippen LogP contribution >= 0.6 is 0 Å². The van der Waals surface area contributed by atoms with Crippen LogP contribution in [-0.4, -0.2) is 9.55 Å². The van der Waals surface area contributed by atoms with Gasteiger partial charge in [0.1, 0.15) is 17.0 Å². The maximum Gasteiger partial charge on any atom is 0.138 e. The lowest BCUT2D eigenvalue weighted by Gasteiger charge is -2.15. The minimum Gasteiger partial charge on any atom is -0.456 e. The van der Waals surface area contributed by atoms with Crippen molar-refractivity contribution in [1.29, 1.82) is 0 Å². The molecule has 0 atom stereocenters. The normalized spacial score (nSPS) is 11.6. The average molecular weight is 715 g/mol. The molecule has 0 amide bonds. The van der Waals surface area contributed by atoms with Crippen molar-refractivity contribution < 1.29 is 4.42 Å². The van der Waals surface area contributed by atoms with E-state index < -0.39 is 0 Å². The lowest BCUT2D eigenvalue weighted by atomic mass is 9.89. The first-order valence-electron chi connectivity index (χ1n) is 19.0. The van der Waals surface area contributed by atoms with Crippen molar-refractivity contribution in [2.45, 2.75) is 0 Å². The number of benzene rings is 8. The van der Waals surface area contributed by atoms with Crippen LogP contribution in [0.1, 0.15) is 0 Å². The van der Waals surface area contributed by atoms with Crippen LogP contribution in [0, 0.1) is 0 Å². The molecule has 0 aliphatic rings. The second-order valence-corrected chi connectivity index (χ2v) is 14.3. The van der Waals surface area contributed by atoms with Crippen molar-refractivity contribution in [3.8, 4) is 61.6 Å². The fraction of sp³-hybridized carbons (Fsp3) is 0. The Bertz CT molecular complexity index is 3190. The number of hydrogen-bond donors (Lipinski definition) is 0. The molecule has 262 valence electrons. The number of para-hydroxylation sites is 2. The monoisotopic (exact) mass is 714 g/mol. The molecule has 0 saturated carbocycles. The van der Waals surface area contributed by atoms with E-state index in [1.807, 2.05) is 18.2 Å². The predicted octanol–water partition coefficient (Wildman–Crippen LogP) is 14.4. The third-order valence-electron chi connectivity index (χ3n) is 11.0. The van der Waals surface area contributed by atoms with Crippen LogP contribution in [0.3, 0.4) is 0 Å². The van der Waals surface area contributed by atoms with Gasteiger partial charge in [-0.05, 0) is 93.0 Å². The van der Waals surface area contributed by atoms with E-state index in [4.69, 9.17) is 9.40 Å². The zero-order valence-corrected chi connectivity index (χ0v) is 30.4. The maximum atomic E-state index is 6.18. The number of fused-ring (bicyclic) bond motifs is 6. The Morgan fingerprint density at radius 2 is 0.857 bits per heavy atom. The first-order chi connectivity index (χ1) is 27.8. The highest BCUT2D eigenvalue weighted by Gasteiger charge is 2.19. The zero-order valence-electron chi connectivity index (χ0n) is 30.4. The third-order valence-corrected chi connectivity index (χ3v) is 11.0. The molecule has 11 aromatic rings. The number of nitrogens with zero attached hydrogens (tertiary/aromatic N) is 2. The van der Waals surface area contributed by atoms with Crippen molar-refractivity contribution in [2.24, 2.45) is 0 Å². The smallest absolute Gasteiger partial charge is 0.138 e. The Kier molecular flexibility index (Phi) is 7.49. The predicted molar refractivity (Wildman–Crippen MR) is 233 cm³/mol. The minimum atomic E-state index is 0.890. The highest BCUT2D eigenvalue weighted by atomic mass is 16.3. The molecule has 0 saturated heterocycles. The van der Waals surface area contributed by atoms with Gasteiger partial charge in [0.15, 0.2) is 0 Å². The van der Waals surface area contributed by atoms with Gasteiger partial charge in [-0.3, -0.25) is 4.57 Å². The SMILES string of the molecule is c1ccc(-c2cc(-c3ccccc3)nc(-n3c4ccccc4c4cc(-c5ccccc5-c5ccccc5-c5ccc6oc7ccccc7c6c5)ccc43)c2)cc1. The Morgan fingerprint density at radius 3 is 1.59 bits per heavy atom. The van der Waals surface area contributed by atoms with Gasteiger partial charge < -0.3 is 4.42 Å². The molecule has 56 heavy (non-hydrogen) atoms. The molecule has 0 fully saturated rings. The number of aromatic nitrogens is 2. The largest absolute Gasteiger partial charge is 0.456 e. The summed E-state index contributed by atoms with van der Waals surface area (Å²) in [5.41, 5.74) is 15.4. The van der Waals surface area contributed by atoms with Crippen LogP contribution in [-0.2, 0) is 0 Å². The van der Waals surface area contributed by atoms with Crippen LogP contribution in [0.2, 0.25) is 0 Å². The van der Waals surface area contributed by atoms with Crippen LogP contribution in [0.15, 0.2) is 211 Å². The quantitative estimate of drug-likeness (QED) is 0.172. The molecule has 3 heteroatoms. The van der Waals surface area contributed by atoms with Gasteiger partial charge >= 0.3 is 0 Å². The van der Waals surface area contributed by atoms with E-state index in [1.165, 1.54) is 33.0 Å². The van der Waals surface area contributed by atoms with Crippen LogP contribution in [0.4, 0.5) is 0 Å². The zero-order chi connectivity index (χ0) is 37.0. The molecule has 0 spiro atoms. The first-order valence-corrected chi connectivity index (χ1v) is 19.0. The van der Waals surface area contributed by atoms with E-state index in [2.05, 4.69) is 193 Å². The van der Waals surface area contributed by atoms with Crippen LogP contribution < -0.4 is 0 Å². The van der Waals surface area contributed by atoms with Gasteiger partial charge in [-0.1, -0.05) is 158 Å². The molecule has 0 radical (unpaired) electrons. The Labute approximate surface area is 324 Å². The number of furan rings is 1. The van der Waals surface area contributed by atoms with Gasteiger partial charge in [0.25, 0.3) is 0 Å². The topological polar surface area (TPSA) is 31.0 Å². The van der Waals surface area contributed by atoms with Gasteiger partial charge in [0.05, 0.1) is 16.7 Å². The molecule has 3 aromatic heterocycles. The highest BCUT2D eigenvalue weighted by Crippen LogP contribution is 2.42. The molecule has 0 aliphatic carbocycles. The first kappa shape index (κ1) is 32.0. The van der Waals surface area contributed by atoms with Crippen molar-refractivity contribution >= 4 is 43.7 Å². The number of pyridine rings is 1. The van der Waals surface area contributed by atoms with E-state index in [0.29, 0.717) is 0 Å². The summed E-state index contributed by atoms with van der Waals surface area (Å²) in [6, 6.07) is 73.4. The highest BCUT2D eigenvalue weighted by molar-refractivity contribution is 6.11. The number of rotatable bonds is 6. The molecule has 0 N–H and O–H groups in total. The Hall–Kier alpha value is -7.49. The van der Waals surface area contributed by atoms with E-state index in [9.17, 15) is 0 Å². The standard InChI is InChI=1S/C53H34N2O/c1-3-15-35(16-4-1)39-33-48(36-17-5-2-6-18-36)54-53(34-39)55-49-25-13-11-23-44(49)46-31-37(27-29-50(46)55)40-19-7-9-21-42(40)43-22-10-8-20-41(43)38-28-30-52-47(32-38)45-24-12-14-26-51(45)56-52/h1-34H. The molecular formula is C53H34N2O. The summed E-state index contributed by atoms with van der Waals surface area (Å²) in [7, 11) is 0. The van der Waals surface area contributed by atoms with Gasteiger partial charge in [-0.25, -0.2) is 4.98 Å². The third kappa shape index (κ3) is 5.32. The van der Waals surface area contributed by atoms with Crippen molar-refractivity contribution in [2.75, 3.05) is 0 Å². The molecular weight excluding hydrogens is 681 g/mol. The van der Waals surface area contributed by atoms with Crippen molar-refractivity contribution in [3.05, 3.63) is 206 Å². The summed E-state index contributed by atoms with van der Waals surface area (Å²) in [4.78, 5) is 5.33. The summed E-state index contributed by atoms with van der Waals surface area (Å²) in [5.74, 6) is 0.890. The van der Waals surface area contributed by atoms with E-state index in [0.717, 1.165) is 72.3 Å². The second-order valence-electron chi connectivity index (χ2n) is 14.3. The average Bonchev–Trinajstić information content (AvgIpc) is 3.82. The van der Waals surface area contributed by atoms with Crippen LogP contribution in [0.5, 0.6) is 0 Å². The fourth-order valence-electron chi connectivity index (χ4n) is 8.40. The summed E-state index contributed by atoms with van der Waals surface area (Å²) >= 11 is 0.